The first kappa shape index (κ1) is 38.1. The maximum absolute atomic E-state index is 12.7. The number of carbonyl (C=O) groups is 1. The molecule has 2 saturated heterocycles. The van der Waals surface area contributed by atoms with E-state index in [2.05, 4.69) is 54.3 Å². The van der Waals surface area contributed by atoms with Crippen LogP contribution in [0.25, 0.3) is 10.9 Å². The summed E-state index contributed by atoms with van der Waals surface area (Å²) in [6.07, 6.45) is 3.86. The number of morpholine rings is 1. The number of aliphatic hydroxyl groups excluding tert-OH is 1. The molecule has 14 heteroatoms. The summed E-state index contributed by atoms with van der Waals surface area (Å²) in [5.74, 6) is 1.20. The fourth-order valence-corrected chi connectivity index (χ4v) is 7.09. The number of aromatic amines is 1. The molecule has 4 heterocycles. The Morgan fingerprint density at radius 1 is 1.11 bits per heavy atom. The maximum Gasteiger partial charge on any atom is 0.248 e. The SMILES string of the molecule is COc1ccnc(N2CCOC3(CCN(Cc4cccc(CCOCCC(=O)N(C)CCNC[C@H](O)c5ccc(O)c6[nH]c(=O)ccc56)c4)CC3)C2)n1. The number of H-pyrrole nitrogens is 1. The fraction of sp³-hybridized carbons (Fsp3) is 0.487. The van der Waals surface area contributed by atoms with E-state index in [1.807, 2.05) is 0 Å². The number of phenolic OH excluding ortho intramolecular Hbond substituents is 1. The standard InChI is InChI=1S/C39H51N7O7/c1-44(19-16-40-25-33(48)30-6-8-32(47)37-31(30)7-9-34(49)42-37)36(50)12-22-52-21-11-28-4-3-5-29(24-28)26-45-17-13-39(14-18-45)27-46(20-23-53-39)38-41-15-10-35(43-38)51-2/h3-10,15,24,33,40,47-48H,11-14,16-23,25-27H2,1-2H3,(H,42,49)/t33-/m0/s1. The van der Waals surface area contributed by atoms with Crippen molar-refractivity contribution in [2.24, 2.45) is 0 Å². The molecule has 0 unspecified atom stereocenters. The predicted octanol–water partition coefficient (Wildman–Crippen LogP) is 2.63. The number of likely N-dealkylation sites (tertiary alicyclic amines) is 1. The summed E-state index contributed by atoms with van der Waals surface area (Å²) in [5.41, 5.74) is 2.86. The number of rotatable bonds is 16. The van der Waals surface area contributed by atoms with Gasteiger partial charge in [-0.15, -0.1) is 0 Å². The van der Waals surface area contributed by atoms with Crippen molar-refractivity contribution in [2.45, 2.75) is 43.9 Å². The summed E-state index contributed by atoms with van der Waals surface area (Å²) < 4.78 is 17.5. The van der Waals surface area contributed by atoms with E-state index in [0.29, 0.717) is 67.6 Å². The number of amides is 1. The minimum atomic E-state index is -0.859. The third-order valence-corrected chi connectivity index (χ3v) is 10.2. The van der Waals surface area contributed by atoms with Gasteiger partial charge in [0.25, 0.3) is 0 Å². The summed E-state index contributed by atoms with van der Waals surface area (Å²) in [6, 6.07) is 16.5. The Morgan fingerprint density at radius 3 is 2.77 bits per heavy atom. The van der Waals surface area contributed by atoms with Gasteiger partial charge in [0.1, 0.15) is 5.75 Å². The van der Waals surface area contributed by atoms with Gasteiger partial charge in [-0.25, -0.2) is 4.98 Å². The van der Waals surface area contributed by atoms with Crippen LogP contribution in [0.2, 0.25) is 0 Å². The number of hydrogen-bond acceptors (Lipinski definition) is 12. The number of phenols is 1. The number of benzene rings is 2. The van der Waals surface area contributed by atoms with Crippen LogP contribution in [-0.4, -0.2) is 126 Å². The molecule has 1 spiro atoms. The lowest BCUT2D eigenvalue weighted by Gasteiger charge is -2.47. The molecule has 2 aliphatic heterocycles. The van der Waals surface area contributed by atoms with Crippen LogP contribution in [0.4, 0.5) is 5.95 Å². The third-order valence-electron chi connectivity index (χ3n) is 10.2. The van der Waals surface area contributed by atoms with E-state index in [-0.39, 0.29) is 29.4 Å². The highest BCUT2D eigenvalue weighted by Crippen LogP contribution is 2.32. The highest BCUT2D eigenvalue weighted by atomic mass is 16.5. The maximum atomic E-state index is 12.7. The van der Waals surface area contributed by atoms with Crippen LogP contribution in [-0.2, 0) is 27.2 Å². The number of aliphatic hydroxyl groups is 1. The molecule has 53 heavy (non-hydrogen) atoms. The summed E-state index contributed by atoms with van der Waals surface area (Å²) in [4.78, 5) is 42.3. The van der Waals surface area contributed by atoms with E-state index in [4.69, 9.17) is 14.2 Å². The molecule has 0 aliphatic carbocycles. The Bertz CT molecular complexity index is 1880. The number of carbonyl (C=O) groups excluding carboxylic acids is 1. The second-order valence-electron chi connectivity index (χ2n) is 13.9. The number of aromatic nitrogens is 3. The van der Waals surface area contributed by atoms with Gasteiger partial charge >= 0.3 is 0 Å². The number of anilines is 1. The van der Waals surface area contributed by atoms with Gasteiger partial charge in [-0.1, -0.05) is 30.3 Å². The number of methoxy groups -OCH3 is 1. The second kappa shape index (κ2) is 18.0. The van der Waals surface area contributed by atoms with Gasteiger partial charge in [0.05, 0.1) is 57.1 Å². The van der Waals surface area contributed by atoms with E-state index < -0.39 is 6.10 Å². The molecule has 14 nitrogen and oxygen atoms in total. The van der Waals surface area contributed by atoms with E-state index in [9.17, 15) is 19.8 Å². The van der Waals surface area contributed by atoms with Crippen LogP contribution in [0, 0.1) is 0 Å². The van der Waals surface area contributed by atoms with Crippen LogP contribution >= 0.6 is 0 Å². The average molecular weight is 730 g/mol. The zero-order valence-electron chi connectivity index (χ0n) is 30.6. The van der Waals surface area contributed by atoms with Gasteiger partial charge in [0.2, 0.25) is 23.3 Å². The normalized spacial score (nSPS) is 16.5. The number of pyridine rings is 1. The van der Waals surface area contributed by atoms with Gasteiger partial charge in [0.15, 0.2) is 0 Å². The van der Waals surface area contributed by atoms with Crippen LogP contribution in [0.1, 0.15) is 42.1 Å². The van der Waals surface area contributed by atoms with Crippen molar-refractivity contribution in [2.75, 3.05) is 84.7 Å². The zero-order chi connectivity index (χ0) is 37.2. The van der Waals surface area contributed by atoms with Gasteiger partial charge in [-0.3, -0.25) is 14.5 Å². The molecular weight excluding hydrogens is 678 g/mol. The minimum Gasteiger partial charge on any atom is -0.506 e. The second-order valence-corrected chi connectivity index (χ2v) is 13.9. The lowest BCUT2D eigenvalue weighted by atomic mass is 9.89. The van der Waals surface area contributed by atoms with Crippen molar-refractivity contribution in [3.63, 3.8) is 0 Å². The van der Waals surface area contributed by atoms with Crippen molar-refractivity contribution in [1.82, 2.24) is 30.1 Å². The smallest absolute Gasteiger partial charge is 0.248 e. The van der Waals surface area contributed by atoms with Gasteiger partial charge < -0.3 is 44.5 Å². The van der Waals surface area contributed by atoms with Crippen molar-refractivity contribution in [3.05, 3.63) is 87.8 Å². The Balaban J connectivity index is 0.854. The Kier molecular flexibility index (Phi) is 12.9. The van der Waals surface area contributed by atoms with Gasteiger partial charge in [-0.05, 0) is 48.1 Å². The quantitative estimate of drug-likeness (QED) is 0.125. The third kappa shape index (κ3) is 10.1. The fourth-order valence-electron chi connectivity index (χ4n) is 7.09. The molecule has 2 aromatic carbocycles. The number of piperidine rings is 1. The lowest BCUT2D eigenvalue weighted by Crippen LogP contribution is -2.57. The van der Waals surface area contributed by atoms with Crippen LogP contribution in [0.15, 0.2) is 65.6 Å². The van der Waals surface area contributed by atoms with E-state index in [1.54, 1.807) is 43.5 Å². The van der Waals surface area contributed by atoms with Crippen LogP contribution in [0.3, 0.4) is 0 Å². The van der Waals surface area contributed by atoms with E-state index in [0.717, 1.165) is 52.0 Å². The highest BCUT2D eigenvalue weighted by Gasteiger charge is 2.40. The number of nitrogens with one attached hydrogen (secondary N) is 2. The molecule has 0 radical (unpaired) electrons. The van der Waals surface area contributed by atoms with Crippen molar-refractivity contribution in [3.8, 4) is 11.6 Å². The monoisotopic (exact) mass is 729 g/mol. The predicted molar refractivity (Wildman–Crippen MR) is 201 cm³/mol. The molecule has 4 aromatic rings. The average Bonchev–Trinajstić information content (AvgIpc) is 3.17. The van der Waals surface area contributed by atoms with Crippen molar-refractivity contribution >= 4 is 22.8 Å². The van der Waals surface area contributed by atoms with E-state index >= 15 is 0 Å². The molecule has 2 aromatic heterocycles. The molecule has 0 saturated carbocycles. The first-order valence-electron chi connectivity index (χ1n) is 18.3. The number of hydrogen-bond donors (Lipinski definition) is 4. The molecule has 1 atom stereocenters. The number of fused-ring (bicyclic) bond motifs is 1. The number of nitrogens with zero attached hydrogens (tertiary/aromatic N) is 5. The Hall–Kier alpha value is -4.60. The molecule has 2 aliphatic rings. The number of aromatic hydroxyl groups is 1. The Morgan fingerprint density at radius 2 is 1.94 bits per heavy atom. The molecule has 1 amide bonds. The highest BCUT2D eigenvalue weighted by molar-refractivity contribution is 5.87. The largest absolute Gasteiger partial charge is 0.506 e. The summed E-state index contributed by atoms with van der Waals surface area (Å²) in [5, 5.41) is 24.6. The molecule has 4 N–H and O–H groups in total. The number of ether oxygens (including phenoxy) is 3. The first-order chi connectivity index (χ1) is 25.7. The zero-order valence-corrected chi connectivity index (χ0v) is 30.6. The van der Waals surface area contributed by atoms with Crippen LogP contribution < -0.4 is 20.5 Å². The Labute approximate surface area is 309 Å². The van der Waals surface area contributed by atoms with E-state index in [1.165, 1.54) is 23.3 Å². The summed E-state index contributed by atoms with van der Waals surface area (Å²) in [7, 11) is 3.37. The lowest BCUT2D eigenvalue weighted by molar-refractivity contribution is -0.131. The first-order valence-corrected chi connectivity index (χ1v) is 18.3. The van der Waals surface area contributed by atoms with Crippen molar-refractivity contribution in [1.29, 1.82) is 0 Å². The molecular formula is C39H51N7O7. The van der Waals surface area contributed by atoms with Gasteiger partial charge in [0, 0.05) is 76.6 Å². The van der Waals surface area contributed by atoms with Gasteiger partial charge in [-0.2, -0.15) is 4.98 Å². The molecule has 0 bridgehead atoms. The molecule has 284 valence electrons. The van der Waals surface area contributed by atoms with Crippen LogP contribution in [0.5, 0.6) is 11.6 Å². The summed E-state index contributed by atoms with van der Waals surface area (Å²) >= 11 is 0. The molecule has 2 fully saturated rings. The van der Waals surface area contributed by atoms with Crippen molar-refractivity contribution < 1.29 is 29.2 Å². The minimum absolute atomic E-state index is 0.00824. The summed E-state index contributed by atoms with van der Waals surface area (Å²) in [6.45, 7) is 7.12. The number of likely N-dealkylation sites (N-methyl/N-ethyl adjacent to an activating group) is 1. The topological polar surface area (TPSA) is 166 Å². The molecule has 6 rings (SSSR count).